The summed E-state index contributed by atoms with van der Waals surface area (Å²) < 4.78 is 26.6. The third kappa shape index (κ3) is 2.88. The van der Waals surface area contributed by atoms with Gasteiger partial charge in [0.05, 0.1) is 11.4 Å². The molecule has 0 radical (unpaired) electrons. The van der Waals surface area contributed by atoms with Gasteiger partial charge in [-0.15, -0.1) is 11.3 Å². The number of hydrogen-bond acceptors (Lipinski definition) is 5. The number of nitrogens with zero attached hydrogens (tertiary/aromatic N) is 2. The normalized spacial score (nSPS) is 17.4. The molecule has 1 aliphatic rings. The van der Waals surface area contributed by atoms with Crippen LogP contribution >= 0.6 is 11.3 Å². The highest BCUT2D eigenvalue weighted by atomic mass is 32.2. The number of hydrogen-bond donors (Lipinski definition) is 1. The molecule has 0 saturated carbocycles. The van der Waals surface area contributed by atoms with Gasteiger partial charge in [0.1, 0.15) is 0 Å². The Hall–Kier alpha value is -0.960. The van der Waals surface area contributed by atoms with Crippen molar-refractivity contribution in [2.24, 2.45) is 5.73 Å². The van der Waals surface area contributed by atoms with Crippen LogP contribution in [0, 0.1) is 13.8 Å². The predicted octanol–water partition coefficient (Wildman–Crippen LogP) is 0.157. The summed E-state index contributed by atoms with van der Waals surface area (Å²) in [6.45, 7) is 5.13. The third-order valence-electron chi connectivity index (χ3n) is 3.38. The van der Waals surface area contributed by atoms with Gasteiger partial charge in [-0.2, -0.15) is 4.31 Å². The molecule has 2 N–H and O–H groups in total. The van der Waals surface area contributed by atoms with E-state index in [4.69, 9.17) is 5.73 Å². The molecule has 1 amide bonds. The fourth-order valence-corrected chi connectivity index (χ4v) is 5.26. The Morgan fingerprint density at radius 3 is 2.35 bits per heavy atom. The number of piperazine rings is 1. The van der Waals surface area contributed by atoms with Crippen molar-refractivity contribution in [2.75, 3.05) is 32.7 Å². The first-order chi connectivity index (χ1) is 9.36. The number of amides is 1. The van der Waals surface area contributed by atoms with Crippen molar-refractivity contribution in [1.82, 2.24) is 9.21 Å². The van der Waals surface area contributed by atoms with Gasteiger partial charge in [-0.05, 0) is 19.9 Å². The van der Waals surface area contributed by atoms with Crippen LogP contribution in [0.1, 0.15) is 9.75 Å². The van der Waals surface area contributed by atoms with Gasteiger partial charge in [0.15, 0.2) is 0 Å². The molecule has 1 fully saturated rings. The topological polar surface area (TPSA) is 83.7 Å². The van der Waals surface area contributed by atoms with Crippen molar-refractivity contribution in [3.05, 3.63) is 15.8 Å². The van der Waals surface area contributed by atoms with Crippen LogP contribution in [0.4, 0.5) is 0 Å². The van der Waals surface area contributed by atoms with E-state index in [2.05, 4.69) is 0 Å². The number of carbonyl (C=O) groups is 1. The summed E-state index contributed by atoms with van der Waals surface area (Å²) in [6, 6.07) is 1.72. The highest BCUT2D eigenvalue weighted by Gasteiger charge is 2.31. The Labute approximate surface area is 123 Å². The van der Waals surface area contributed by atoms with Gasteiger partial charge in [-0.3, -0.25) is 4.79 Å². The van der Waals surface area contributed by atoms with E-state index in [-0.39, 0.29) is 12.5 Å². The summed E-state index contributed by atoms with van der Waals surface area (Å²) >= 11 is 1.48. The van der Waals surface area contributed by atoms with Crippen LogP contribution in [-0.4, -0.2) is 56.3 Å². The maximum atomic E-state index is 12.6. The molecule has 20 heavy (non-hydrogen) atoms. The molecule has 0 unspecified atom stereocenters. The quantitative estimate of drug-likeness (QED) is 0.860. The van der Waals surface area contributed by atoms with E-state index in [0.29, 0.717) is 31.1 Å². The second-order valence-corrected chi connectivity index (χ2v) is 8.13. The standard InChI is InChI=1S/C12H19N3O3S2/c1-9-7-11(10(2)19-9)20(17,18)15-5-3-14(4-6-15)12(16)8-13/h7H,3-6,8,13H2,1-2H3. The largest absolute Gasteiger partial charge is 0.339 e. The average molecular weight is 317 g/mol. The van der Waals surface area contributed by atoms with Crippen LogP contribution in [0.25, 0.3) is 0 Å². The van der Waals surface area contributed by atoms with E-state index in [1.807, 2.05) is 13.8 Å². The fourth-order valence-electron chi connectivity index (χ4n) is 2.31. The Balaban J connectivity index is 2.14. The number of nitrogens with two attached hydrogens (primary N) is 1. The molecule has 0 bridgehead atoms. The number of rotatable bonds is 3. The first-order valence-electron chi connectivity index (χ1n) is 6.41. The summed E-state index contributed by atoms with van der Waals surface area (Å²) in [5, 5.41) is 0. The smallest absolute Gasteiger partial charge is 0.244 e. The highest BCUT2D eigenvalue weighted by Crippen LogP contribution is 2.28. The zero-order valence-electron chi connectivity index (χ0n) is 11.6. The molecular weight excluding hydrogens is 298 g/mol. The second kappa shape index (κ2) is 5.80. The average Bonchev–Trinajstić information content (AvgIpc) is 2.77. The van der Waals surface area contributed by atoms with Crippen LogP contribution in [-0.2, 0) is 14.8 Å². The van der Waals surface area contributed by atoms with Crippen molar-refractivity contribution in [2.45, 2.75) is 18.7 Å². The minimum atomic E-state index is -3.45. The van der Waals surface area contributed by atoms with Gasteiger partial charge in [0.2, 0.25) is 15.9 Å². The van der Waals surface area contributed by atoms with E-state index in [9.17, 15) is 13.2 Å². The molecule has 2 rings (SSSR count). The first-order valence-corrected chi connectivity index (χ1v) is 8.67. The Kier molecular flexibility index (Phi) is 4.48. The number of carbonyl (C=O) groups excluding carboxylic acids is 1. The van der Waals surface area contributed by atoms with Crippen LogP contribution in [0.5, 0.6) is 0 Å². The highest BCUT2D eigenvalue weighted by molar-refractivity contribution is 7.89. The van der Waals surface area contributed by atoms with E-state index >= 15 is 0 Å². The molecule has 0 atom stereocenters. The molecule has 1 aliphatic heterocycles. The van der Waals surface area contributed by atoms with E-state index in [1.54, 1.807) is 11.0 Å². The molecule has 6 nitrogen and oxygen atoms in total. The minimum absolute atomic E-state index is 0.0322. The molecule has 2 heterocycles. The molecule has 1 aromatic rings. The van der Waals surface area contributed by atoms with Crippen molar-refractivity contribution >= 4 is 27.3 Å². The second-order valence-electron chi connectivity index (χ2n) is 4.77. The lowest BCUT2D eigenvalue weighted by molar-refractivity contribution is -0.130. The van der Waals surface area contributed by atoms with Gasteiger partial charge in [0.25, 0.3) is 0 Å². The zero-order chi connectivity index (χ0) is 14.9. The van der Waals surface area contributed by atoms with Crippen LogP contribution in [0.3, 0.4) is 0 Å². The summed E-state index contributed by atoms with van der Waals surface area (Å²) in [4.78, 5) is 15.3. The van der Waals surface area contributed by atoms with E-state index in [1.165, 1.54) is 15.6 Å². The Morgan fingerprint density at radius 1 is 1.30 bits per heavy atom. The third-order valence-corrected chi connectivity index (χ3v) is 6.50. The zero-order valence-corrected chi connectivity index (χ0v) is 13.3. The van der Waals surface area contributed by atoms with Crippen LogP contribution in [0.15, 0.2) is 11.0 Å². The van der Waals surface area contributed by atoms with E-state index < -0.39 is 10.0 Å². The van der Waals surface area contributed by atoms with E-state index in [0.717, 1.165) is 9.75 Å². The molecule has 1 saturated heterocycles. The predicted molar refractivity (Wildman–Crippen MR) is 78.2 cm³/mol. The monoisotopic (exact) mass is 317 g/mol. The van der Waals surface area contributed by atoms with Crippen LogP contribution in [0.2, 0.25) is 0 Å². The lowest BCUT2D eigenvalue weighted by atomic mass is 10.3. The lowest BCUT2D eigenvalue weighted by Crippen LogP contribution is -2.51. The maximum Gasteiger partial charge on any atom is 0.244 e. The number of sulfonamides is 1. The molecular formula is C12H19N3O3S2. The van der Waals surface area contributed by atoms with Crippen molar-refractivity contribution in [3.8, 4) is 0 Å². The van der Waals surface area contributed by atoms with Gasteiger partial charge < -0.3 is 10.6 Å². The van der Waals surface area contributed by atoms with Gasteiger partial charge in [0, 0.05) is 35.9 Å². The molecule has 0 spiro atoms. The Morgan fingerprint density at radius 2 is 1.90 bits per heavy atom. The molecule has 0 aromatic carbocycles. The molecule has 8 heteroatoms. The fraction of sp³-hybridized carbons (Fsp3) is 0.583. The summed E-state index contributed by atoms with van der Waals surface area (Å²) in [5.74, 6) is -0.135. The van der Waals surface area contributed by atoms with Gasteiger partial charge in [-0.25, -0.2) is 8.42 Å². The van der Waals surface area contributed by atoms with Gasteiger partial charge in [-0.1, -0.05) is 0 Å². The van der Waals surface area contributed by atoms with Crippen LogP contribution < -0.4 is 5.73 Å². The van der Waals surface area contributed by atoms with Crippen molar-refractivity contribution in [3.63, 3.8) is 0 Å². The van der Waals surface area contributed by atoms with Gasteiger partial charge >= 0.3 is 0 Å². The SMILES string of the molecule is Cc1cc(S(=O)(=O)N2CCN(C(=O)CN)CC2)c(C)s1. The molecule has 112 valence electrons. The van der Waals surface area contributed by atoms with Crippen molar-refractivity contribution in [1.29, 1.82) is 0 Å². The summed E-state index contributed by atoms with van der Waals surface area (Å²) in [7, 11) is -3.45. The van der Waals surface area contributed by atoms with Crippen molar-refractivity contribution < 1.29 is 13.2 Å². The number of thiophene rings is 1. The summed E-state index contributed by atoms with van der Waals surface area (Å²) in [5.41, 5.74) is 5.32. The summed E-state index contributed by atoms with van der Waals surface area (Å²) in [6.07, 6.45) is 0. The number of aryl methyl sites for hydroxylation is 2. The molecule has 1 aromatic heterocycles. The first kappa shape index (κ1) is 15.4. The minimum Gasteiger partial charge on any atom is -0.339 e. The Bertz CT molecular complexity index is 601. The molecule has 0 aliphatic carbocycles. The lowest BCUT2D eigenvalue weighted by Gasteiger charge is -2.33. The maximum absolute atomic E-state index is 12.6.